The molecule has 0 unspecified atom stereocenters. The van der Waals surface area contributed by atoms with Gasteiger partial charge in [0.2, 0.25) is 0 Å². The molecule has 3 rings (SSSR count). The summed E-state index contributed by atoms with van der Waals surface area (Å²) in [5.74, 6) is 0.960. The number of ether oxygens (including phenoxy) is 2. The van der Waals surface area contributed by atoms with Crippen LogP contribution in [0.5, 0.6) is 5.75 Å². The number of carbonyl (C=O) groups is 1. The molecule has 1 heterocycles. The van der Waals surface area contributed by atoms with Gasteiger partial charge in [-0.3, -0.25) is 9.69 Å². The second kappa shape index (κ2) is 10.8. The van der Waals surface area contributed by atoms with Gasteiger partial charge < -0.3 is 14.8 Å². The zero-order valence-corrected chi connectivity index (χ0v) is 18.7. The summed E-state index contributed by atoms with van der Waals surface area (Å²) in [7, 11) is 0. The van der Waals surface area contributed by atoms with E-state index in [2.05, 4.69) is 36.2 Å². The van der Waals surface area contributed by atoms with Crippen molar-refractivity contribution in [2.75, 3.05) is 39.5 Å². The zero-order valence-electron chi connectivity index (χ0n) is 18.0. The van der Waals surface area contributed by atoms with Crippen LogP contribution >= 0.6 is 11.6 Å². The molecule has 0 bridgehead atoms. The number of nitrogens with one attached hydrogen (secondary N) is 1. The Morgan fingerprint density at radius 2 is 1.90 bits per heavy atom. The Hall–Kier alpha value is -2.08. The minimum absolute atomic E-state index is 0.00301. The topological polar surface area (TPSA) is 50.8 Å². The van der Waals surface area contributed by atoms with Crippen LogP contribution in [0.25, 0.3) is 0 Å². The molecule has 1 atom stereocenters. The second-order valence-electron chi connectivity index (χ2n) is 7.97. The second-order valence-corrected chi connectivity index (χ2v) is 8.38. The smallest absolute Gasteiger partial charge is 0.258 e. The van der Waals surface area contributed by atoms with E-state index in [0.717, 1.165) is 35.5 Å². The van der Waals surface area contributed by atoms with E-state index >= 15 is 0 Å². The lowest BCUT2D eigenvalue weighted by molar-refractivity contribution is -0.123. The fourth-order valence-electron chi connectivity index (χ4n) is 3.72. The Morgan fingerprint density at radius 3 is 2.60 bits per heavy atom. The van der Waals surface area contributed by atoms with Gasteiger partial charge in [-0.05, 0) is 41.7 Å². The molecule has 1 aliphatic heterocycles. The average Bonchev–Trinajstić information content (AvgIpc) is 2.74. The van der Waals surface area contributed by atoms with Crippen molar-refractivity contribution < 1.29 is 14.3 Å². The van der Waals surface area contributed by atoms with Gasteiger partial charge >= 0.3 is 0 Å². The molecule has 0 spiro atoms. The Kier molecular flexibility index (Phi) is 8.14. The van der Waals surface area contributed by atoms with Crippen molar-refractivity contribution in [2.24, 2.45) is 0 Å². The largest absolute Gasteiger partial charge is 0.483 e. The van der Waals surface area contributed by atoms with Crippen LogP contribution in [0.4, 0.5) is 0 Å². The number of aryl methyl sites for hydroxylation is 1. The first-order chi connectivity index (χ1) is 14.5. The van der Waals surface area contributed by atoms with Gasteiger partial charge in [0.15, 0.2) is 6.61 Å². The summed E-state index contributed by atoms with van der Waals surface area (Å²) in [6.45, 7) is 9.70. The molecule has 1 saturated heterocycles. The van der Waals surface area contributed by atoms with Gasteiger partial charge in [0.05, 0.1) is 19.3 Å². The van der Waals surface area contributed by atoms with E-state index < -0.39 is 0 Å². The lowest BCUT2D eigenvalue weighted by atomic mass is 10.0. The van der Waals surface area contributed by atoms with Gasteiger partial charge in [0.1, 0.15) is 5.75 Å². The number of carbonyl (C=O) groups excluding carboxylic acids is 1. The molecule has 1 aliphatic rings. The van der Waals surface area contributed by atoms with Gasteiger partial charge in [0, 0.05) is 24.7 Å². The Balaban J connectivity index is 1.63. The molecule has 0 radical (unpaired) electrons. The van der Waals surface area contributed by atoms with Crippen molar-refractivity contribution in [3.8, 4) is 5.75 Å². The first-order valence-corrected chi connectivity index (χ1v) is 10.9. The van der Waals surface area contributed by atoms with Gasteiger partial charge in [0.25, 0.3) is 5.91 Å². The lowest BCUT2D eigenvalue weighted by Gasteiger charge is -2.35. The molecule has 5 nitrogen and oxygen atoms in total. The molecule has 2 aromatic rings. The molecule has 1 amide bonds. The third-order valence-corrected chi connectivity index (χ3v) is 5.74. The summed E-state index contributed by atoms with van der Waals surface area (Å²) >= 11 is 6.46. The van der Waals surface area contributed by atoms with Crippen LogP contribution in [-0.2, 0) is 9.53 Å². The Morgan fingerprint density at radius 1 is 1.17 bits per heavy atom. The van der Waals surface area contributed by atoms with Crippen LogP contribution in [0.3, 0.4) is 0 Å². The lowest BCUT2D eigenvalue weighted by Crippen LogP contribution is -2.44. The van der Waals surface area contributed by atoms with Crippen LogP contribution in [0.15, 0.2) is 42.5 Å². The van der Waals surface area contributed by atoms with Crippen molar-refractivity contribution in [3.05, 3.63) is 64.2 Å². The number of hydrogen-bond donors (Lipinski definition) is 1. The molecule has 30 heavy (non-hydrogen) atoms. The molecule has 0 aromatic heterocycles. The van der Waals surface area contributed by atoms with Crippen LogP contribution in [0, 0.1) is 6.92 Å². The van der Waals surface area contributed by atoms with E-state index in [1.54, 1.807) is 0 Å². The first kappa shape index (κ1) is 22.6. The number of morpholine rings is 1. The van der Waals surface area contributed by atoms with Crippen LogP contribution in [0.1, 0.15) is 42.5 Å². The maximum atomic E-state index is 12.6. The average molecular weight is 431 g/mol. The maximum absolute atomic E-state index is 12.6. The SMILES string of the molecule is Cc1ccc(C(C)C)c(OCC(=O)NC[C@@H](c2ccccc2Cl)N2CCOCC2)c1. The summed E-state index contributed by atoms with van der Waals surface area (Å²) in [6.07, 6.45) is 0. The van der Waals surface area contributed by atoms with Crippen molar-refractivity contribution in [3.63, 3.8) is 0 Å². The van der Waals surface area contributed by atoms with Gasteiger partial charge in [-0.1, -0.05) is 55.8 Å². The van der Waals surface area contributed by atoms with Crippen molar-refractivity contribution in [2.45, 2.75) is 32.7 Å². The quantitative estimate of drug-likeness (QED) is 0.676. The summed E-state index contributed by atoms with van der Waals surface area (Å²) in [6, 6.07) is 13.9. The third-order valence-electron chi connectivity index (χ3n) is 5.39. The summed E-state index contributed by atoms with van der Waals surface area (Å²) in [4.78, 5) is 14.9. The van der Waals surface area contributed by atoms with E-state index in [1.807, 2.05) is 37.3 Å². The van der Waals surface area contributed by atoms with Crippen molar-refractivity contribution in [1.82, 2.24) is 10.2 Å². The standard InChI is InChI=1S/C24H31ClN2O3/c1-17(2)19-9-8-18(3)14-23(19)30-16-24(28)26-15-22(27-10-12-29-13-11-27)20-6-4-5-7-21(20)25/h4-9,14,17,22H,10-13,15-16H2,1-3H3,(H,26,28)/t22-/m0/s1. The maximum Gasteiger partial charge on any atom is 0.258 e. The van der Waals surface area contributed by atoms with E-state index in [4.69, 9.17) is 21.1 Å². The van der Waals surface area contributed by atoms with Gasteiger partial charge in [-0.2, -0.15) is 0 Å². The van der Waals surface area contributed by atoms with E-state index in [-0.39, 0.29) is 18.6 Å². The fraction of sp³-hybridized carbons (Fsp3) is 0.458. The molecule has 6 heteroatoms. The number of amides is 1. The first-order valence-electron chi connectivity index (χ1n) is 10.5. The highest BCUT2D eigenvalue weighted by Crippen LogP contribution is 2.29. The van der Waals surface area contributed by atoms with E-state index in [9.17, 15) is 4.79 Å². The van der Waals surface area contributed by atoms with Gasteiger partial charge in [-0.25, -0.2) is 0 Å². The number of nitrogens with zero attached hydrogens (tertiary/aromatic N) is 1. The normalized spacial score (nSPS) is 15.8. The Bertz CT molecular complexity index is 850. The minimum atomic E-state index is -0.142. The van der Waals surface area contributed by atoms with E-state index in [1.165, 1.54) is 0 Å². The number of benzene rings is 2. The predicted molar refractivity (Wildman–Crippen MR) is 120 cm³/mol. The van der Waals surface area contributed by atoms with E-state index in [0.29, 0.717) is 30.7 Å². The van der Waals surface area contributed by atoms with Crippen molar-refractivity contribution in [1.29, 1.82) is 0 Å². The van der Waals surface area contributed by atoms with Gasteiger partial charge in [-0.15, -0.1) is 0 Å². The molecule has 1 fully saturated rings. The molecule has 1 N–H and O–H groups in total. The third kappa shape index (κ3) is 5.97. The van der Waals surface area contributed by atoms with Crippen molar-refractivity contribution >= 4 is 17.5 Å². The Labute approximate surface area is 184 Å². The molecular weight excluding hydrogens is 400 g/mol. The molecular formula is C24H31ClN2O3. The highest BCUT2D eigenvalue weighted by Gasteiger charge is 2.25. The summed E-state index contributed by atoms with van der Waals surface area (Å²) in [5.41, 5.74) is 3.24. The highest BCUT2D eigenvalue weighted by atomic mass is 35.5. The molecule has 2 aromatic carbocycles. The number of rotatable bonds is 8. The van der Waals surface area contributed by atoms with Crippen LogP contribution < -0.4 is 10.1 Å². The molecule has 0 aliphatic carbocycles. The van der Waals surface area contributed by atoms with Crippen LogP contribution in [0.2, 0.25) is 5.02 Å². The number of halogens is 1. The minimum Gasteiger partial charge on any atom is -0.483 e. The molecule has 162 valence electrons. The van der Waals surface area contributed by atoms with Crippen LogP contribution in [-0.4, -0.2) is 50.3 Å². The highest BCUT2D eigenvalue weighted by molar-refractivity contribution is 6.31. The summed E-state index contributed by atoms with van der Waals surface area (Å²) in [5, 5.41) is 3.74. The molecule has 0 saturated carbocycles. The summed E-state index contributed by atoms with van der Waals surface area (Å²) < 4.78 is 11.4. The monoisotopic (exact) mass is 430 g/mol. The zero-order chi connectivity index (χ0) is 21.5. The predicted octanol–water partition coefficient (Wildman–Crippen LogP) is 4.34. The fourth-order valence-corrected chi connectivity index (χ4v) is 3.98. The number of hydrogen-bond acceptors (Lipinski definition) is 4.